The van der Waals surface area contributed by atoms with Crippen LogP contribution in [0.25, 0.3) is 0 Å². The van der Waals surface area contributed by atoms with E-state index in [0.29, 0.717) is 17.2 Å². The normalized spacial score (nSPS) is 21.4. The maximum atomic E-state index is 13.1. The summed E-state index contributed by atoms with van der Waals surface area (Å²) in [6.07, 6.45) is 4.71. The summed E-state index contributed by atoms with van der Waals surface area (Å²) in [5.74, 6) is 0.320. The molecule has 1 aliphatic carbocycles. The monoisotopic (exact) mass is 415 g/mol. The summed E-state index contributed by atoms with van der Waals surface area (Å²) in [4.78, 5) is 25.2. The maximum Gasteiger partial charge on any atom is 0.267 e. The second kappa shape index (κ2) is 8.75. The lowest BCUT2D eigenvalue weighted by molar-refractivity contribution is -0.115. The van der Waals surface area contributed by atoms with E-state index in [-0.39, 0.29) is 23.7 Å². The van der Waals surface area contributed by atoms with Crippen molar-refractivity contribution >= 4 is 35.4 Å². The summed E-state index contributed by atoms with van der Waals surface area (Å²) in [6.45, 7) is 1.82. The lowest BCUT2D eigenvalue weighted by Gasteiger charge is -2.09. The highest BCUT2D eigenvalue weighted by Crippen LogP contribution is 2.22. The van der Waals surface area contributed by atoms with Gasteiger partial charge in [0.15, 0.2) is 0 Å². The Bertz CT molecular complexity index is 917. The van der Waals surface area contributed by atoms with Crippen molar-refractivity contribution in [3.05, 3.63) is 46.2 Å². The predicted molar refractivity (Wildman–Crippen MR) is 113 cm³/mol. The zero-order chi connectivity index (χ0) is 20.2. The molecule has 0 unspecified atom stereocenters. The van der Waals surface area contributed by atoms with Gasteiger partial charge in [0.1, 0.15) is 16.6 Å². The molecule has 0 bridgehead atoms. The van der Waals surface area contributed by atoms with Gasteiger partial charge in [-0.3, -0.25) is 15.5 Å². The molecule has 0 aromatic heterocycles. The van der Waals surface area contributed by atoms with Crippen LogP contribution in [0.4, 0.5) is 4.39 Å². The molecular formula is C19H22FN7OS. The van der Waals surface area contributed by atoms with Crippen molar-refractivity contribution in [2.45, 2.75) is 45.1 Å². The first-order valence-electron chi connectivity index (χ1n) is 9.52. The standard InChI is InChI=1S/C19H22FN7OS/c1-11-17(29-27-24-11)18(28)23-19(21-14-4-2-3-5-14)22-16-10-15(25-26-16)12-6-8-13(20)9-7-12/h6-9,14,24,27H,2-5,10H2,1H3,(H2,21,22,23,26,28). The average molecular weight is 415 g/mol. The summed E-state index contributed by atoms with van der Waals surface area (Å²) in [5.41, 5.74) is 8.12. The van der Waals surface area contributed by atoms with Crippen LogP contribution in [-0.4, -0.2) is 29.5 Å². The number of aliphatic imine (C=N–C) groups is 2. The van der Waals surface area contributed by atoms with Gasteiger partial charge in [0, 0.05) is 5.70 Å². The quantitative estimate of drug-likeness (QED) is 0.345. The molecule has 0 radical (unpaired) electrons. The Morgan fingerprint density at radius 3 is 2.72 bits per heavy atom. The number of benzene rings is 1. The predicted octanol–water partition coefficient (Wildman–Crippen LogP) is 2.32. The van der Waals surface area contributed by atoms with Crippen molar-refractivity contribution in [2.75, 3.05) is 0 Å². The van der Waals surface area contributed by atoms with Crippen LogP contribution in [0.5, 0.6) is 0 Å². The highest BCUT2D eigenvalue weighted by molar-refractivity contribution is 8.02. The molecule has 1 fully saturated rings. The molecule has 10 heteroatoms. The van der Waals surface area contributed by atoms with Crippen molar-refractivity contribution in [1.82, 2.24) is 21.0 Å². The molecule has 8 nitrogen and oxygen atoms in total. The van der Waals surface area contributed by atoms with Crippen LogP contribution in [-0.2, 0) is 4.79 Å². The van der Waals surface area contributed by atoms with Gasteiger partial charge in [0.25, 0.3) is 5.91 Å². The van der Waals surface area contributed by atoms with E-state index in [0.717, 1.165) is 42.7 Å². The third-order valence-corrected chi connectivity index (χ3v) is 5.77. The van der Waals surface area contributed by atoms with Crippen LogP contribution in [0.1, 0.15) is 44.6 Å². The van der Waals surface area contributed by atoms with E-state index in [1.165, 1.54) is 24.1 Å². The highest BCUT2D eigenvalue weighted by atomic mass is 32.2. The fourth-order valence-electron chi connectivity index (χ4n) is 3.33. The van der Waals surface area contributed by atoms with Crippen LogP contribution in [0.15, 0.2) is 50.0 Å². The van der Waals surface area contributed by atoms with E-state index < -0.39 is 0 Å². The first-order valence-corrected chi connectivity index (χ1v) is 10.3. The molecule has 4 N–H and O–H groups in total. The second-order valence-corrected chi connectivity index (χ2v) is 7.86. The SMILES string of the molecule is CC1=C(C(=O)NC(N=C2CC(c3ccc(F)cc3)=NN2)=NC2CCCC2)SNN1. The fourth-order valence-corrected chi connectivity index (χ4v) is 3.98. The summed E-state index contributed by atoms with van der Waals surface area (Å²) >= 11 is 1.22. The lowest BCUT2D eigenvalue weighted by atomic mass is 10.1. The largest absolute Gasteiger partial charge is 0.315 e. The van der Waals surface area contributed by atoms with Gasteiger partial charge in [0.05, 0.1) is 18.2 Å². The molecule has 1 amide bonds. The molecule has 1 aromatic carbocycles. The first-order chi connectivity index (χ1) is 14.1. The maximum absolute atomic E-state index is 13.1. The summed E-state index contributed by atoms with van der Waals surface area (Å²) in [6, 6.07) is 6.33. The van der Waals surface area contributed by atoms with Crippen molar-refractivity contribution in [1.29, 1.82) is 0 Å². The average Bonchev–Trinajstić information content (AvgIpc) is 3.45. The number of carbonyl (C=O) groups is 1. The smallest absolute Gasteiger partial charge is 0.267 e. The molecule has 2 heterocycles. The number of carbonyl (C=O) groups excluding carboxylic acids is 1. The second-order valence-electron chi connectivity index (χ2n) is 7.04. The minimum atomic E-state index is -0.291. The molecule has 2 aliphatic heterocycles. The van der Waals surface area contributed by atoms with E-state index >= 15 is 0 Å². The first kappa shape index (κ1) is 19.6. The van der Waals surface area contributed by atoms with Crippen molar-refractivity contribution < 1.29 is 9.18 Å². The van der Waals surface area contributed by atoms with E-state index in [1.54, 1.807) is 12.1 Å². The molecule has 1 saturated carbocycles. The van der Waals surface area contributed by atoms with Crippen LogP contribution >= 0.6 is 11.9 Å². The van der Waals surface area contributed by atoms with Crippen molar-refractivity contribution in [3.8, 4) is 0 Å². The van der Waals surface area contributed by atoms with Gasteiger partial charge in [-0.25, -0.2) is 9.38 Å². The molecule has 1 aromatic rings. The zero-order valence-corrected chi connectivity index (χ0v) is 16.8. The Balaban J connectivity index is 1.50. The number of nitrogens with zero attached hydrogens (tertiary/aromatic N) is 3. The highest BCUT2D eigenvalue weighted by Gasteiger charge is 2.23. The Labute approximate surface area is 172 Å². The van der Waals surface area contributed by atoms with Gasteiger partial charge in [-0.15, -0.1) is 0 Å². The van der Waals surface area contributed by atoms with Crippen molar-refractivity contribution in [3.63, 3.8) is 0 Å². The van der Waals surface area contributed by atoms with Gasteiger partial charge in [0.2, 0.25) is 5.96 Å². The van der Waals surface area contributed by atoms with Crippen LogP contribution < -0.4 is 21.0 Å². The fraction of sp³-hybridized carbons (Fsp3) is 0.368. The van der Waals surface area contributed by atoms with Gasteiger partial charge in [-0.05, 0) is 49.4 Å². The Morgan fingerprint density at radius 1 is 1.28 bits per heavy atom. The number of hydrogen-bond donors (Lipinski definition) is 4. The van der Waals surface area contributed by atoms with Gasteiger partial charge in [-0.2, -0.15) is 14.9 Å². The number of guanidine groups is 1. The molecule has 0 spiro atoms. The van der Waals surface area contributed by atoms with E-state index in [2.05, 4.69) is 36.1 Å². The number of hydrogen-bond acceptors (Lipinski definition) is 6. The third-order valence-electron chi connectivity index (χ3n) is 4.87. The van der Waals surface area contributed by atoms with E-state index in [4.69, 9.17) is 0 Å². The molecule has 3 aliphatic rings. The minimum absolute atomic E-state index is 0.163. The minimum Gasteiger partial charge on any atom is -0.315 e. The Morgan fingerprint density at radius 2 is 2.03 bits per heavy atom. The topological polar surface area (TPSA) is 102 Å². The molecule has 0 saturated heterocycles. The van der Waals surface area contributed by atoms with Gasteiger partial charge < -0.3 is 5.43 Å². The van der Waals surface area contributed by atoms with Crippen molar-refractivity contribution in [2.24, 2.45) is 15.1 Å². The Hall–Kier alpha value is -2.72. The molecular weight excluding hydrogens is 393 g/mol. The lowest BCUT2D eigenvalue weighted by Crippen LogP contribution is -2.32. The molecule has 4 rings (SSSR count). The zero-order valence-electron chi connectivity index (χ0n) is 16.0. The van der Waals surface area contributed by atoms with Gasteiger partial charge >= 0.3 is 0 Å². The number of halogens is 1. The number of hydrazine groups is 1. The number of amidine groups is 1. The third kappa shape index (κ3) is 4.83. The number of nitrogens with one attached hydrogen (secondary N) is 4. The van der Waals surface area contributed by atoms with Gasteiger partial charge in [-0.1, -0.05) is 25.0 Å². The van der Waals surface area contributed by atoms with Crippen LogP contribution in [0.3, 0.4) is 0 Å². The number of hydrazone groups is 1. The van der Waals surface area contributed by atoms with Crippen LogP contribution in [0, 0.1) is 5.82 Å². The molecule has 152 valence electrons. The molecule has 0 atom stereocenters. The summed E-state index contributed by atoms with van der Waals surface area (Å²) in [5, 5.41) is 7.11. The number of rotatable bonds is 3. The van der Waals surface area contributed by atoms with E-state index in [1.807, 2.05) is 6.92 Å². The van der Waals surface area contributed by atoms with Crippen LogP contribution in [0.2, 0.25) is 0 Å². The Kier molecular flexibility index (Phi) is 5.91. The number of allylic oxidation sites excluding steroid dienone is 1. The number of amides is 1. The summed E-state index contributed by atoms with van der Waals surface area (Å²) < 4.78 is 13.1. The summed E-state index contributed by atoms with van der Waals surface area (Å²) in [7, 11) is 0. The van der Waals surface area contributed by atoms with E-state index in [9.17, 15) is 9.18 Å². The molecule has 29 heavy (non-hydrogen) atoms.